The first kappa shape index (κ1) is 28.3. The number of methoxy groups -OCH3 is 1. The molecule has 1 amide bonds. The highest BCUT2D eigenvalue weighted by Crippen LogP contribution is 2.33. The fourth-order valence-corrected chi connectivity index (χ4v) is 5.49. The largest absolute Gasteiger partial charge is 0.492 e. The van der Waals surface area contributed by atoms with Crippen molar-refractivity contribution in [2.24, 2.45) is 18.7 Å². The molecule has 1 aromatic heterocycles. The van der Waals surface area contributed by atoms with Crippen molar-refractivity contribution in [3.8, 4) is 5.75 Å². The lowest BCUT2D eigenvalue weighted by Crippen LogP contribution is -2.45. The number of primary amides is 1. The van der Waals surface area contributed by atoms with Gasteiger partial charge in [-0.15, -0.1) is 0 Å². The number of benzene rings is 1. The molecule has 9 nitrogen and oxygen atoms in total. The smallest absolute Gasteiger partial charge is 0.250 e. The minimum Gasteiger partial charge on any atom is -0.492 e. The second-order valence-corrected chi connectivity index (χ2v) is 10.4. The van der Waals surface area contributed by atoms with Crippen molar-refractivity contribution in [2.75, 3.05) is 66.3 Å². The van der Waals surface area contributed by atoms with Crippen molar-refractivity contribution in [2.45, 2.75) is 31.7 Å². The molecule has 2 aliphatic rings. The van der Waals surface area contributed by atoms with Crippen LogP contribution in [0.5, 0.6) is 5.75 Å². The summed E-state index contributed by atoms with van der Waals surface area (Å²) in [6.07, 6.45) is 4.39. The number of aryl methyl sites for hydroxylation is 2. The zero-order valence-electron chi connectivity index (χ0n) is 22.8. The number of carbonyl (C=O) groups is 1. The first-order valence-electron chi connectivity index (χ1n) is 13.7. The first-order chi connectivity index (χ1) is 18.4. The van der Waals surface area contributed by atoms with E-state index in [-0.39, 0.29) is 23.3 Å². The van der Waals surface area contributed by atoms with Crippen LogP contribution in [0.2, 0.25) is 0 Å². The van der Waals surface area contributed by atoms with Crippen LogP contribution in [0.15, 0.2) is 41.3 Å². The maximum Gasteiger partial charge on any atom is 0.250 e. The molecule has 2 fully saturated rings. The van der Waals surface area contributed by atoms with E-state index in [0.29, 0.717) is 26.3 Å². The summed E-state index contributed by atoms with van der Waals surface area (Å²) in [5.74, 6) is 0.174. The number of pyridine rings is 1. The summed E-state index contributed by atoms with van der Waals surface area (Å²) in [6, 6.07) is 10.1. The Kier molecular flexibility index (Phi) is 10.3. The van der Waals surface area contributed by atoms with E-state index < -0.39 is 0 Å². The lowest BCUT2D eigenvalue weighted by atomic mass is 9.80. The molecule has 0 spiro atoms. The number of amides is 1. The van der Waals surface area contributed by atoms with Gasteiger partial charge in [-0.3, -0.25) is 19.4 Å². The minimum atomic E-state index is -0.343. The van der Waals surface area contributed by atoms with Crippen LogP contribution in [-0.4, -0.2) is 86.5 Å². The van der Waals surface area contributed by atoms with Crippen LogP contribution in [0.3, 0.4) is 0 Å². The van der Waals surface area contributed by atoms with E-state index in [9.17, 15) is 9.59 Å². The number of ether oxygens (including phenoxy) is 3. The Hall–Kier alpha value is -2.72. The molecule has 0 saturated carbocycles. The molecule has 2 unspecified atom stereocenters. The third-order valence-electron chi connectivity index (χ3n) is 7.65. The van der Waals surface area contributed by atoms with Gasteiger partial charge in [0, 0.05) is 65.8 Å². The topological polar surface area (TPSA) is 99.3 Å². The number of nitrogens with two attached hydrogens (primary N) is 1. The van der Waals surface area contributed by atoms with Crippen LogP contribution in [0.1, 0.15) is 35.4 Å². The molecule has 3 heterocycles. The van der Waals surface area contributed by atoms with E-state index in [1.165, 1.54) is 10.1 Å². The molecule has 2 atom stereocenters. The van der Waals surface area contributed by atoms with Crippen LogP contribution in [0.25, 0.3) is 0 Å². The summed E-state index contributed by atoms with van der Waals surface area (Å²) in [5, 5.41) is 0. The van der Waals surface area contributed by atoms with Crippen molar-refractivity contribution in [1.82, 2.24) is 14.4 Å². The van der Waals surface area contributed by atoms with Crippen LogP contribution >= 0.6 is 0 Å². The van der Waals surface area contributed by atoms with E-state index in [2.05, 4.69) is 28.0 Å². The highest BCUT2D eigenvalue weighted by atomic mass is 16.5. The summed E-state index contributed by atoms with van der Waals surface area (Å²) in [7, 11) is 3.45. The molecule has 1 aromatic carbocycles. The molecule has 9 heteroatoms. The van der Waals surface area contributed by atoms with Gasteiger partial charge in [-0.1, -0.05) is 6.07 Å². The molecule has 2 saturated heterocycles. The van der Waals surface area contributed by atoms with Crippen molar-refractivity contribution in [3.05, 3.63) is 63.6 Å². The van der Waals surface area contributed by atoms with Gasteiger partial charge in [0.1, 0.15) is 12.4 Å². The number of aromatic nitrogens is 1. The van der Waals surface area contributed by atoms with E-state index in [1.54, 1.807) is 26.4 Å². The summed E-state index contributed by atoms with van der Waals surface area (Å²) in [5.41, 5.74) is 9.07. The molecule has 208 valence electrons. The molecule has 2 N–H and O–H groups in total. The van der Waals surface area contributed by atoms with Crippen molar-refractivity contribution in [3.63, 3.8) is 0 Å². The highest BCUT2D eigenvalue weighted by Gasteiger charge is 2.34. The summed E-state index contributed by atoms with van der Waals surface area (Å²) < 4.78 is 18.4. The molecule has 0 aliphatic carbocycles. The lowest BCUT2D eigenvalue weighted by Gasteiger charge is -2.37. The van der Waals surface area contributed by atoms with Crippen LogP contribution in [0, 0.1) is 5.92 Å². The monoisotopic (exact) mass is 526 g/mol. The summed E-state index contributed by atoms with van der Waals surface area (Å²) in [4.78, 5) is 29.3. The summed E-state index contributed by atoms with van der Waals surface area (Å²) >= 11 is 0. The summed E-state index contributed by atoms with van der Waals surface area (Å²) in [6.45, 7) is 7.78. The number of piperidine rings is 1. The number of carbonyl (C=O) groups excluding carboxylic acids is 1. The normalized spacial score (nSPS) is 20.9. The number of likely N-dealkylation sites (tertiary alicyclic amines) is 1. The zero-order valence-corrected chi connectivity index (χ0v) is 22.8. The maximum atomic E-state index is 12.5. The third kappa shape index (κ3) is 7.89. The standard InChI is InChI=1S/C29H42N4O5/c1-31-7-5-24(19-28(31)34)26-6-8-33(21-27(26)29(30)35)20-23-16-22(4-3-12-36-2)17-25(18-23)38-15-11-32-9-13-37-14-10-32/h5,7,16-19,26-27H,3-4,6,8-15,20-21H2,1-2H3,(H2,30,35). The Morgan fingerprint density at radius 2 is 1.87 bits per heavy atom. The predicted molar refractivity (Wildman–Crippen MR) is 146 cm³/mol. The van der Waals surface area contributed by atoms with Gasteiger partial charge in [0.05, 0.1) is 19.1 Å². The molecule has 0 radical (unpaired) electrons. The number of rotatable bonds is 12. The zero-order chi connectivity index (χ0) is 26.9. The quantitative estimate of drug-likeness (QED) is 0.421. The molecule has 2 aromatic rings. The van der Waals surface area contributed by atoms with Gasteiger partial charge in [-0.2, -0.15) is 0 Å². The Labute approximate surface area is 225 Å². The van der Waals surface area contributed by atoms with Crippen molar-refractivity contribution < 1.29 is 19.0 Å². The Morgan fingerprint density at radius 3 is 2.61 bits per heavy atom. The van der Waals surface area contributed by atoms with Gasteiger partial charge < -0.3 is 24.5 Å². The van der Waals surface area contributed by atoms with Crippen molar-refractivity contribution in [1.29, 1.82) is 0 Å². The number of morpholine rings is 1. The third-order valence-corrected chi connectivity index (χ3v) is 7.65. The van der Waals surface area contributed by atoms with Gasteiger partial charge in [0.15, 0.2) is 0 Å². The lowest BCUT2D eigenvalue weighted by molar-refractivity contribution is -0.124. The van der Waals surface area contributed by atoms with Gasteiger partial charge in [-0.25, -0.2) is 0 Å². The second-order valence-electron chi connectivity index (χ2n) is 10.4. The SMILES string of the molecule is COCCCc1cc(CN2CCC(c3ccn(C)c(=O)c3)C(C(N)=O)C2)cc(OCCN2CCOCC2)c1. The van der Waals surface area contributed by atoms with Gasteiger partial charge in [-0.05, 0) is 66.6 Å². The Bertz CT molecular complexity index is 1110. The highest BCUT2D eigenvalue weighted by molar-refractivity contribution is 5.78. The van der Waals surface area contributed by atoms with E-state index in [1.807, 2.05) is 6.07 Å². The van der Waals surface area contributed by atoms with Gasteiger partial charge in [0.25, 0.3) is 5.56 Å². The number of hydrogen-bond acceptors (Lipinski definition) is 7. The predicted octanol–water partition coefficient (Wildman–Crippen LogP) is 1.77. The maximum absolute atomic E-state index is 12.5. The van der Waals surface area contributed by atoms with E-state index in [0.717, 1.165) is 75.5 Å². The second kappa shape index (κ2) is 13.9. The number of hydrogen-bond donors (Lipinski definition) is 1. The van der Waals surface area contributed by atoms with Crippen LogP contribution in [0.4, 0.5) is 0 Å². The fraction of sp³-hybridized carbons (Fsp3) is 0.586. The molecule has 4 rings (SSSR count). The Balaban J connectivity index is 1.43. The van der Waals surface area contributed by atoms with Gasteiger partial charge >= 0.3 is 0 Å². The molecular weight excluding hydrogens is 484 g/mol. The first-order valence-corrected chi connectivity index (χ1v) is 13.7. The Morgan fingerprint density at radius 1 is 1.08 bits per heavy atom. The van der Waals surface area contributed by atoms with E-state index in [4.69, 9.17) is 19.9 Å². The van der Waals surface area contributed by atoms with Crippen molar-refractivity contribution >= 4 is 5.91 Å². The average Bonchev–Trinajstić information content (AvgIpc) is 2.91. The fourth-order valence-electron chi connectivity index (χ4n) is 5.49. The molecule has 2 aliphatic heterocycles. The average molecular weight is 527 g/mol. The van der Waals surface area contributed by atoms with Crippen LogP contribution < -0.4 is 16.0 Å². The van der Waals surface area contributed by atoms with E-state index >= 15 is 0 Å². The minimum absolute atomic E-state index is 0.0443. The molecule has 38 heavy (non-hydrogen) atoms. The van der Waals surface area contributed by atoms with Gasteiger partial charge in [0.2, 0.25) is 5.91 Å². The molecular formula is C29H42N4O5. The molecule has 0 bridgehead atoms. The number of nitrogens with zero attached hydrogens (tertiary/aromatic N) is 3. The van der Waals surface area contributed by atoms with Crippen LogP contribution in [-0.2, 0) is 34.3 Å².